The van der Waals surface area contributed by atoms with Crippen molar-refractivity contribution in [1.29, 1.82) is 0 Å². The summed E-state index contributed by atoms with van der Waals surface area (Å²) in [6.07, 6.45) is 5.06. The molecule has 0 unspecified atom stereocenters. The maximum absolute atomic E-state index is 11.2. The first-order chi connectivity index (χ1) is 16.6. The van der Waals surface area contributed by atoms with Crippen LogP contribution >= 0.6 is 0 Å². The first kappa shape index (κ1) is 23.1. The average Bonchev–Trinajstić information content (AvgIpc) is 3.27. The number of aromatic nitrogens is 2. The van der Waals surface area contributed by atoms with Crippen molar-refractivity contribution in [2.24, 2.45) is 0 Å². The molecule has 2 N–H and O–H groups in total. The Kier molecular flexibility index (Phi) is 7.60. The van der Waals surface area contributed by atoms with Crippen molar-refractivity contribution in [3.8, 4) is 16.9 Å². The van der Waals surface area contributed by atoms with Gasteiger partial charge in [-0.2, -0.15) is 0 Å². The number of hydrogen-bond donors (Lipinski definition) is 2. The molecule has 174 valence electrons. The number of aromatic amines is 1. The SMILES string of the molecule is CN(CCOc1ccc(Cc2[nH]cc(-c3ccccc3)c2CCC(=O)O)cc1)c1ccccn1. The van der Waals surface area contributed by atoms with Gasteiger partial charge in [0.25, 0.3) is 0 Å². The zero-order chi connectivity index (χ0) is 23.8. The Bertz CT molecular complexity index is 1190. The number of carbonyl (C=O) groups is 1. The molecule has 0 amide bonds. The number of carboxylic acid groups (broad SMARTS) is 1. The van der Waals surface area contributed by atoms with E-state index in [0.717, 1.165) is 46.1 Å². The maximum Gasteiger partial charge on any atom is 0.303 e. The van der Waals surface area contributed by atoms with Crippen molar-refractivity contribution in [3.05, 3.63) is 102 Å². The quantitative estimate of drug-likeness (QED) is 0.325. The summed E-state index contributed by atoms with van der Waals surface area (Å²) >= 11 is 0. The molecule has 6 nitrogen and oxygen atoms in total. The third-order valence-electron chi connectivity index (χ3n) is 5.79. The zero-order valence-corrected chi connectivity index (χ0v) is 19.3. The van der Waals surface area contributed by atoms with Crippen molar-refractivity contribution in [3.63, 3.8) is 0 Å². The first-order valence-corrected chi connectivity index (χ1v) is 11.4. The third-order valence-corrected chi connectivity index (χ3v) is 5.79. The van der Waals surface area contributed by atoms with Gasteiger partial charge in [0.15, 0.2) is 0 Å². The van der Waals surface area contributed by atoms with E-state index >= 15 is 0 Å². The number of carboxylic acids is 1. The highest BCUT2D eigenvalue weighted by Gasteiger charge is 2.15. The molecule has 0 radical (unpaired) electrons. The first-order valence-electron chi connectivity index (χ1n) is 11.4. The van der Waals surface area contributed by atoms with Crippen LogP contribution in [0.3, 0.4) is 0 Å². The van der Waals surface area contributed by atoms with E-state index < -0.39 is 5.97 Å². The summed E-state index contributed by atoms with van der Waals surface area (Å²) < 4.78 is 5.91. The number of ether oxygens (including phenoxy) is 1. The summed E-state index contributed by atoms with van der Waals surface area (Å²) in [4.78, 5) is 21.0. The molecule has 0 saturated carbocycles. The lowest BCUT2D eigenvalue weighted by molar-refractivity contribution is -0.136. The smallest absolute Gasteiger partial charge is 0.303 e. The van der Waals surface area contributed by atoms with E-state index in [9.17, 15) is 9.90 Å². The number of benzene rings is 2. The lowest BCUT2D eigenvalue weighted by Crippen LogP contribution is -2.24. The maximum atomic E-state index is 11.2. The van der Waals surface area contributed by atoms with E-state index in [-0.39, 0.29) is 6.42 Å². The number of likely N-dealkylation sites (N-methyl/N-ethyl adjacent to an activating group) is 1. The predicted octanol–water partition coefficient (Wildman–Crippen LogP) is 5.20. The van der Waals surface area contributed by atoms with Crippen LogP contribution in [0.4, 0.5) is 5.82 Å². The fourth-order valence-corrected chi connectivity index (χ4v) is 3.95. The number of H-pyrrole nitrogens is 1. The van der Waals surface area contributed by atoms with Gasteiger partial charge in [-0.25, -0.2) is 4.98 Å². The Morgan fingerprint density at radius 3 is 2.50 bits per heavy atom. The molecule has 34 heavy (non-hydrogen) atoms. The zero-order valence-electron chi connectivity index (χ0n) is 19.3. The second kappa shape index (κ2) is 11.2. The number of nitrogens with one attached hydrogen (secondary N) is 1. The van der Waals surface area contributed by atoms with E-state index in [2.05, 4.69) is 39.1 Å². The summed E-state index contributed by atoms with van der Waals surface area (Å²) in [6.45, 7) is 1.29. The molecule has 0 fully saturated rings. The molecule has 0 atom stereocenters. The predicted molar refractivity (Wildman–Crippen MR) is 134 cm³/mol. The highest BCUT2D eigenvalue weighted by Crippen LogP contribution is 2.29. The third kappa shape index (κ3) is 6.04. The van der Waals surface area contributed by atoms with E-state index in [0.29, 0.717) is 19.4 Å². The lowest BCUT2D eigenvalue weighted by atomic mass is 9.97. The van der Waals surface area contributed by atoms with Crippen molar-refractivity contribution < 1.29 is 14.6 Å². The summed E-state index contributed by atoms with van der Waals surface area (Å²) in [5.74, 6) is 0.947. The topological polar surface area (TPSA) is 78.5 Å². The molecule has 0 aliphatic carbocycles. The van der Waals surface area contributed by atoms with Crippen LogP contribution in [-0.4, -0.2) is 41.2 Å². The minimum atomic E-state index is -0.790. The monoisotopic (exact) mass is 455 g/mol. The molecule has 6 heteroatoms. The van der Waals surface area contributed by atoms with E-state index in [1.807, 2.05) is 61.8 Å². The summed E-state index contributed by atoms with van der Waals surface area (Å²) in [6, 6.07) is 24.0. The van der Waals surface area contributed by atoms with Crippen LogP contribution < -0.4 is 9.64 Å². The van der Waals surface area contributed by atoms with E-state index in [1.165, 1.54) is 0 Å². The second-order valence-electron chi connectivity index (χ2n) is 8.20. The highest BCUT2D eigenvalue weighted by atomic mass is 16.5. The van der Waals surface area contributed by atoms with Crippen LogP contribution in [0.2, 0.25) is 0 Å². The van der Waals surface area contributed by atoms with Gasteiger partial charge in [0.05, 0.1) is 6.54 Å². The van der Waals surface area contributed by atoms with Crippen LogP contribution in [0, 0.1) is 0 Å². The molecule has 0 aliphatic rings. The molecular formula is C28H29N3O3. The van der Waals surface area contributed by atoms with Crippen molar-refractivity contribution in [1.82, 2.24) is 9.97 Å². The van der Waals surface area contributed by atoms with Crippen LogP contribution in [0.25, 0.3) is 11.1 Å². The van der Waals surface area contributed by atoms with Crippen LogP contribution in [-0.2, 0) is 17.6 Å². The standard InChI is InChI=1S/C28H29N3O3/c1-31(27-9-5-6-16-29-27)17-18-34-23-12-10-21(11-13-23)19-26-24(14-15-28(32)33)25(20-30-26)22-7-3-2-4-8-22/h2-13,16,20,30H,14-15,17-19H2,1H3,(H,32,33). The summed E-state index contributed by atoms with van der Waals surface area (Å²) in [7, 11) is 2.00. The number of hydrogen-bond acceptors (Lipinski definition) is 4. The van der Waals surface area contributed by atoms with Crippen LogP contribution in [0.5, 0.6) is 5.75 Å². The van der Waals surface area contributed by atoms with Gasteiger partial charge < -0.3 is 19.7 Å². The Hall–Kier alpha value is -4.06. The highest BCUT2D eigenvalue weighted by molar-refractivity contribution is 5.71. The normalized spacial score (nSPS) is 10.7. The van der Waals surface area contributed by atoms with Gasteiger partial charge in [-0.15, -0.1) is 0 Å². The van der Waals surface area contributed by atoms with Crippen LogP contribution in [0.15, 0.2) is 85.2 Å². The van der Waals surface area contributed by atoms with Gasteiger partial charge in [-0.1, -0.05) is 48.5 Å². The van der Waals surface area contributed by atoms with Gasteiger partial charge in [-0.3, -0.25) is 4.79 Å². The van der Waals surface area contributed by atoms with Gasteiger partial charge in [0.2, 0.25) is 0 Å². The fourth-order valence-electron chi connectivity index (χ4n) is 3.95. The van der Waals surface area contributed by atoms with Gasteiger partial charge in [0.1, 0.15) is 18.2 Å². The van der Waals surface area contributed by atoms with Gasteiger partial charge in [0, 0.05) is 43.5 Å². The van der Waals surface area contributed by atoms with E-state index in [1.54, 1.807) is 6.20 Å². The minimum absolute atomic E-state index is 0.102. The van der Waals surface area contributed by atoms with Crippen molar-refractivity contribution >= 4 is 11.8 Å². The average molecular weight is 456 g/mol. The molecule has 0 aliphatic heterocycles. The second-order valence-corrected chi connectivity index (χ2v) is 8.20. The molecular weight excluding hydrogens is 426 g/mol. The molecule has 0 saturated heterocycles. The number of rotatable bonds is 11. The Labute approximate surface area is 199 Å². The Balaban J connectivity index is 1.39. The molecule has 2 heterocycles. The van der Waals surface area contributed by atoms with Crippen molar-refractivity contribution in [2.75, 3.05) is 25.1 Å². The Morgan fingerprint density at radius 2 is 1.79 bits per heavy atom. The van der Waals surface area contributed by atoms with Gasteiger partial charge >= 0.3 is 5.97 Å². The minimum Gasteiger partial charge on any atom is -0.492 e. The Morgan fingerprint density at radius 1 is 1.03 bits per heavy atom. The number of anilines is 1. The molecule has 2 aromatic carbocycles. The lowest BCUT2D eigenvalue weighted by Gasteiger charge is -2.18. The molecule has 2 aromatic heterocycles. The number of aliphatic carboxylic acids is 1. The molecule has 4 rings (SSSR count). The summed E-state index contributed by atoms with van der Waals surface area (Å²) in [5.41, 5.74) is 5.40. The molecule has 0 bridgehead atoms. The van der Waals surface area contributed by atoms with Crippen LogP contribution in [0.1, 0.15) is 23.2 Å². The molecule has 0 spiro atoms. The molecule has 4 aromatic rings. The van der Waals surface area contributed by atoms with E-state index in [4.69, 9.17) is 4.74 Å². The fraction of sp³-hybridized carbons (Fsp3) is 0.214. The summed E-state index contributed by atoms with van der Waals surface area (Å²) in [5, 5.41) is 9.22. The largest absolute Gasteiger partial charge is 0.492 e. The number of pyridine rings is 1. The number of nitrogens with zero attached hydrogens (tertiary/aromatic N) is 2. The van der Waals surface area contributed by atoms with Gasteiger partial charge in [-0.05, 0) is 47.4 Å². The van der Waals surface area contributed by atoms with Crippen molar-refractivity contribution in [2.45, 2.75) is 19.3 Å².